The van der Waals surface area contributed by atoms with Crippen molar-refractivity contribution in [2.75, 3.05) is 6.16 Å². The zero-order valence-electron chi connectivity index (χ0n) is 5.51. The topological polar surface area (TPSA) is 37.3 Å². The SMILES string of the molecule is CCCCCP(=O)(O)Cl. The summed E-state index contributed by atoms with van der Waals surface area (Å²) < 4.78 is 10.4. The molecule has 0 aromatic heterocycles. The number of halogens is 1. The van der Waals surface area contributed by atoms with E-state index >= 15 is 0 Å². The lowest BCUT2D eigenvalue weighted by Crippen LogP contribution is -1.81. The van der Waals surface area contributed by atoms with Crippen LogP contribution in [-0.4, -0.2) is 11.1 Å². The lowest BCUT2D eigenvalue weighted by molar-refractivity contribution is 0.492. The van der Waals surface area contributed by atoms with E-state index in [0.29, 0.717) is 0 Å². The second-order valence-electron chi connectivity index (χ2n) is 2.05. The largest absolute Gasteiger partial charge is 0.333 e. The molecule has 1 atom stereocenters. The van der Waals surface area contributed by atoms with Gasteiger partial charge in [-0.3, -0.25) is 4.57 Å². The van der Waals surface area contributed by atoms with Gasteiger partial charge in [0.05, 0.1) is 0 Å². The summed E-state index contributed by atoms with van der Waals surface area (Å²) in [5.74, 6) is 0. The summed E-state index contributed by atoms with van der Waals surface area (Å²) in [7, 11) is 0. The molecule has 1 unspecified atom stereocenters. The molecular weight excluding hydrogens is 158 g/mol. The van der Waals surface area contributed by atoms with Crippen molar-refractivity contribution in [1.82, 2.24) is 0 Å². The molecule has 0 saturated carbocycles. The Morgan fingerprint density at radius 1 is 1.56 bits per heavy atom. The van der Waals surface area contributed by atoms with Crippen molar-refractivity contribution in [3.8, 4) is 0 Å². The van der Waals surface area contributed by atoms with Gasteiger partial charge in [-0.1, -0.05) is 19.8 Å². The van der Waals surface area contributed by atoms with Gasteiger partial charge in [-0.25, -0.2) is 0 Å². The third kappa shape index (κ3) is 8.48. The number of hydrogen-bond donors (Lipinski definition) is 1. The van der Waals surface area contributed by atoms with Crippen molar-refractivity contribution in [2.24, 2.45) is 0 Å². The van der Waals surface area contributed by atoms with E-state index in [-0.39, 0.29) is 6.16 Å². The van der Waals surface area contributed by atoms with Gasteiger partial charge in [0.15, 0.2) is 0 Å². The normalized spacial score (nSPS) is 17.2. The van der Waals surface area contributed by atoms with Crippen molar-refractivity contribution in [3.05, 3.63) is 0 Å². The fraction of sp³-hybridized carbons (Fsp3) is 1.00. The van der Waals surface area contributed by atoms with E-state index in [0.717, 1.165) is 19.3 Å². The molecule has 4 heteroatoms. The van der Waals surface area contributed by atoms with Gasteiger partial charge in [0, 0.05) is 6.16 Å². The molecule has 0 spiro atoms. The Morgan fingerprint density at radius 2 is 2.11 bits per heavy atom. The maximum absolute atomic E-state index is 10.4. The van der Waals surface area contributed by atoms with Crippen molar-refractivity contribution < 1.29 is 9.46 Å². The molecule has 0 aliphatic carbocycles. The molecule has 9 heavy (non-hydrogen) atoms. The summed E-state index contributed by atoms with van der Waals surface area (Å²) >= 11 is 5.08. The Hall–Kier alpha value is 0.480. The van der Waals surface area contributed by atoms with Crippen LogP contribution in [0.15, 0.2) is 0 Å². The minimum Gasteiger partial charge on any atom is -0.333 e. The van der Waals surface area contributed by atoms with Gasteiger partial charge in [-0.15, -0.1) is 0 Å². The summed E-state index contributed by atoms with van der Waals surface area (Å²) in [6.07, 6.45) is 3.05. The number of unbranched alkanes of at least 4 members (excludes halogenated alkanes) is 2. The highest BCUT2D eigenvalue weighted by Crippen LogP contribution is 2.46. The number of rotatable bonds is 4. The van der Waals surface area contributed by atoms with Crippen molar-refractivity contribution in [1.29, 1.82) is 0 Å². The van der Waals surface area contributed by atoms with Crippen LogP contribution in [-0.2, 0) is 4.57 Å². The van der Waals surface area contributed by atoms with E-state index in [9.17, 15) is 4.57 Å². The Balaban J connectivity index is 3.18. The highest BCUT2D eigenvalue weighted by molar-refractivity contribution is 7.84. The molecule has 0 heterocycles. The second-order valence-corrected chi connectivity index (χ2v) is 5.31. The van der Waals surface area contributed by atoms with Crippen molar-refractivity contribution in [2.45, 2.75) is 26.2 Å². The monoisotopic (exact) mass is 170 g/mol. The van der Waals surface area contributed by atoms with Crippen molar-refractivity contribution >= 4 is 18.0 Å². The van der Waals surface area contributed by atoms with Gasteiger partial charge in [-0.2, -0.15) is 0 Å². The first kappa shape index (κ1) is 9.48. The van der Waals surface area contributed by atoms with Gasteiger partial charge in [-0.05, 0) is 17.7 Å². The van der Waals surface area contributed by atoms with Crippen LogP contribution in [0.5, 0.6) is 0 Å². The fourth-order valence-corrected chi connectivity index (χ4v) is 1.53. The fourth-order valence-electron chi connectivity index (χ4n) is 0.557. The van der Waals surface area contributed by atoms with Crippen LogP contribution >= 0.6 is 18.0 Å². The first-order valence-electron chi connectivity index (χ1n) is 3.07. The molecule has 0 aliphatic rings. The maximum Gasteiger partial charge on any atom is 0.287 e. The minimum atomic E-state index is -3.22. The zero-order chi connectivity index (χ0) is 7.33. The average Bonchev–Trinajstić information content (AvgIpc) is 1.63. The Labute approximate surface area is 60.5 Å². The van der Waals surface area contributed by atoms with Gasteiger partial charge in [0.1, 0.15) is 0 Å². The first-order chi connectivity index (χ1) is 4.06. The predicted molar refractivity (Wildman–Crippen MR) is 40.1 cm³/mol. The summed E-state index contributed by atoms with van der Waals surface area (Å²) in [5, 5.41) is 0. The van der Waals surface area contributed by atoms with Crippen LogP contribution in [0.2, 0.25) is 0 Å². The standard InChI is InChI=1S/C5H12ClO2P/c1-2-3-4-5-9(6,7)8/h2-5H2,1H3,(H,7,8). The molecular formula is C5H12ClO2P. The first-order valence-corrected chi connectivity index (χ1v) is 5.82. The van der Waals surface area contributed by atoms with Gasteiger partial charge in [0.25, 0.3) is 6.72 Å². The molecule has 0 fully saturated rings. The molecule has 0 aromatic carbocycles. The zero-order valence-corrected chi connectivity index (χ0v) is 7.16. The summed E-state index contributed by atoms with van der Waals surface area (Å²) in [4.78, 5) is 8.57. The molecule has 0 bridgehead atoms. The van der Waals surface area contributed by atoms with Gasteiger partial charge < -0.3 is 4.89 Å². The van der Waals surface area contributed by atoms with E-state index in [1.807, 2.05) is 6.92 Å². The van der Waals surface area contributed by atoms with Gasteiger partial charge in [0.2, 0.25) is 0 Å². The molecule has 0 radical (unpaired) electrons. The molecule has 2 nitrogen and oxygen atoms in total. The third-order valence-corrected chi connectivity index (χ3v) is 2.41. The Morgan fingerprint density at radius 3 is 2.44 bits per heavy atom. The molecule has 0 amide bonds. The molecule has 0 aliphatic heterocycles. The summed E-state index contributed by atoms with van der Waals surface area (Å²) in [6, 6.07) is 0. The molecule has 0 aromatic rings. The Kier molecular flexibility index (Phi) is 4.55. The van der Waals surface area contributed by atoms with Crippen LogP contribution in [0.25, 0.3) is 0 Å². The summed E-state index contributed by atoms with van der Waals surface area (Å²) in [6.45, 7) is -1.18. The van der Waals surface area contributed by atoms with E-state index in [1.54, 1.807) is 0 Å². The van der Waals surface area contributed by atoms with Crippen LogP contribution in [0.3, 0.4) is 0 Å². The lowest BCUT2D eigenvalue weighted by atomic mass is 10.3. The Bertz CT molecular complexity index is 110. The second kappa shape index (κ2) is 4.32. The highest BCUT2D eigenvalue weighted by Gasteiger charge is 2.10. The predicted octanol–water partition coefficient (Wildman–Crippen LogP) is 2.60. The van der Waals surface area contributed by atoms with Crippen LogP contribution in [0.4, 0.5) is 0 Å². The quantitative estimate of drug-likeness (QED) is 0.520. The average molecular weight is 171 g/mol. The molecule has 0 rings (SSSR count). The smallest absolute Gasteiger partial charge is 0.287 e. The number of hydrogen-bond acceptors (Lipinski definition) is 1. The third-order valence-electron chi connectivity index (χ3n) is 1.04. The van der Waals surface area contributed by atoms with Crippen LogP contribution in [0.1, 0.15) is 26.2 Å². The van der Waals surface area contributed by atoms with Crippen LogP contribution in [0, 0.1) is 0 Å². The summed E-state index contributed by atoms with van der Waals surface area (Å²) in [5.41, 5.74) is 0. The highest BCUT2D eigenvalue weighted by atomic mass is 35.7. The van der Waals surface area contributed by atoms with Crippen LogP contribution < -0.4 is 0 Å². The maximum atomic E-state index is 10.4. The van der Waals surface area contributed by atoms with Crippen molar-refractivity contribution in [3.63, 3.8) is 0 Å². The lowest BCUT2D eigenvalue weighted by Gasteiger charge is -1.99. The van der Waals surface area contributed by atoms with E-state index in [4.69, 9.17) is 16.1 Å². The molecule has 1 N–H and O–H groups in total. The van der Waals surface area contributed by atoms with E-state index in [2.05, 4.69) is 0 Å². The minimum absolute atomic E-state index is 0.252. The van der Waals surface area contributed by atoms with Gasteiger partial charge >= 0.3 is 0 Å². The molecule has 56 valence electrons. The van der Waals surface area contributed by atoms with E-state index < -0.39 is 6.72 Å². The molecule has 0 saturated heterocycles. The van der Waals surface area contributed by atoms with E-state index in [1.165, 1.54) is 0 Å².